The Kier molecular flexibility index (Phi) is 5.44. The molecule has 0 bridgehead atoms. The molecule has 0 N–H and O–H groups in total. The average Bonchev–Trinajstić information content (AvgIpc) is 3.28. The summed E-state index contributed by atoms with van der Waals surface area (Å²) < 4.78 is 8.52. The van der Waals surface area contributed by atoms with E-state index in [1.165, 1.54) is 5.56 Å². The Morgan fingerprint density at radius 1 is 0.909 bits per heavy atom. The topological polar surface area (TPSA) is 74.8 Å². The van der Waals surface area contributed by atoms with E-state index in [0.717, 1.165) is 22.4 Å². The number of methoxy groups -OCH3 is 1. The first-order valence-corrected chi connectivity index (χ1v) is 10.7. The summed E-state index contributed by atoms with van der Waals surface area (Å²) in [7, 11) is 1.64. The highest BCUT2D eigenvalue weighted by atomic mass is 16.5. The largest absolute Gasteiger partial charge is 0.497 e. The summed E-state index contributed by atoms with van der Waals surface area (Å²) in [5.41, 5.74) is 5.61. The molecule has 5 rings (SSSR count). The molecule has 7 nitrogen and oxygen atoms in total. The predicted molar refractivity (Wildman–Crippen MR) is 127 cm³/mol. The van der Waals surface area contributed by atoms with Crippen LogP contribution in [-0.4, -0.2) is 31.7 Å². The Morgan fingerprint density at radius 3 is 2.42 bits per heavy atom. The average molecular weight is 438 g/mol. The van der Waals surface area contributed by atoms with Gasteiger partial charge in [-0.15, -0.1) is 5.10 Å². The van der Waals surface area contributed by atoms with Crippen molar-refractivity contribution in [2.75, 3.05) is 7.11 Å². The highest BCUT2D eigenvalue weighted by molar-refractivity contribution is 5.83. The Morgan fingerprint density at radius 2 is 1.67 bits per heavy atom. The summed E-state index contributed by atoms with van der Waals surface area (Å²) in [5, 5.41) is 9.02. The predicted octanol–water partition coefficient (Wildman–Crippen LogP) is 4.07. The van der Waals surface area contributed by atoms with Crippen LogP contribution in [0.15, 0.2) is 84.0 Å². The molecule has 0 atom stereocenters. The minimum Gasteiger partial charge on any atom is -0.497 e. The van der Waals surface area contributed by atoms with E-state index in [1.54, 1.807) is 22.7 Å². The molecule has 0 saturated carbocycles. The van der Waals surface area contributed by atoms with E-state index in [0.29, 0.717) is 29.7 Å². The Balaban J connectivity index is 1.39. The molecule has 0 aliphatic carbocycles. The van der Waals surface area contributed by atoms with Gasteiger partial charge in [-0.1, -0.05) is 53.2 Å². The van der Waals surface area contributed by atoms with Crippen molar-refractivity contribution in [1.29, 1.82) is 0 Å². The van der Waals surface area contributed by atoms with Crippen molar-refractivity contribution in [3.8, 4) is 16.9 Å². The van der Waals surface area contributed by atoms with Crippen molar-refractivity contribution in [2.45, 2.75) is 20.0 Å². The van der Waals surface area contributed by atoms with Gasteiger partial charge in [0, 0.05) is 0 Å². The lowest BCUT2D eigenvalue weighted by Gasteiger charge is -2.07. The van der Waals surface area contributed by atoms with Crippen molar-refractivity contribution in [3.05, 3.63) is 106 Å². The lowest BCUT2D eigenvalue weighted by molar-refractivity contribution is 0.414. The van der Waals surface area contributed by atoms with Crippen LogP contribution in [0.5, 0.6) is 5.75 Å². The van der Waals surface area contributed by atoms with E-state index in [4.69, 9.17) is 4.74 Å². The van der Waals surface area contributed by atoms with Crippen LogP contribution < -0.4 is 10.3 Å². The normalized spacial score (nSPS) is 11.1. The quantitative estimate of drug-likeness (QED) is 0.400. The van der Waals surface area contributed by atoms with Crippen LogP contribution >= 0.6 is 0 Å². The molecule has 33 heavy (non-hydrogen) atoms. The van der Waals surface area contributed by atoms with Crippen molar-refractivity contribution < 1.29 is 4.74 Å². The third-order valence-electron chi connectivity index (χ3n) is 5.63. The van der Waals surface area contributed by atoms with Gasteiger partial charge in [0.1, 0.15) is 11.4 Å². The molecule has 0 fully saturated rings. The first kappa shape index (κ1) is 20.6. The van der Waals surface area contributed by atoms with Gasteiger partial charge in [-0.25, -0.2) is 9.67 Å². The van der Waals surface area contributed by atoms with Gasteiger partial charge in [0.15, 0.2) is 0 Å². The SMILES string of the molecule is COc1ccc(Cn2cc(Cn3cnc4ccc(-c5ccc(C)cc5)cc4c3=O)nn2)cc1. The van der Waals surface area contributed by atoms with E-state index in [9.17, 15) is 4.79 Å². The molecule has 164 valence electrons. The number of hydrogen-bond donors (Lipinski definition) is 0. The third-order valence-corrected chi connectivity index (χ3v) is 5.63. The van der Waals surface area contributed by atoms with Gasteiger partial charge >= 0.3 is 0 Å². The fourth-order valence-corrected chi connectivity index (χ4v) is 3.78. The number of benzene rings is 3. The summed E-state index contributed by atoms with van der Waals surface area (Å²) in [6.07, 6.45) is 3.42. The maximum absolute atomic E-state index is 13.2. The molecule has 0 saturated heterocycles. The van der Waals surface area contributed by atoms with E-state index in [1.807, 2.05) is 48.7 Å². The first-order chi connectivity index (χ1) is 16.1. The summed E-state index contributed by atoms with van der Waals surface area (Å²) in [6.45, 7) is 2.95. The fourth-order valence-electron chi connectivity index (χ4n) is 3.78. The summed E-state index contributed by atoms with van der Waals surface area (Å²) >= 11 is 0. The Bertz CT molecular complexity index is 1470. The Labute approximate surface area is 190 Å². The summed E-state index contributed by atoms with van der Waals surface area (Å²) in [6, 6.07) is 21.9. The molecule has 5 aromatic rings. The molecule has 2 heterocycles. The minimum absolute atomic E-state index is 0.0985. The maximum Gasteiger partial charge on any atom is 0.261 e. The number of nitrogens with zero attached hydrogens (tertiary/aromatic N) is 5. The van der Waals surface area contributed by atoms with Gasteiger partial charge in [0.2, 0.25) is 0 Å². The van der Waals surface area contributed by atoms with Crippen molar-refractivity contribution in [1.82, 2.24) is 24.5 Å². The Hall–Kier alpha value is -4.26. The van der Waals surface area contributed by atoms with E-state index in [2.05, 4.69) is 46.5 Å². The first-order valence-electron chi connectivity index (χ1n) is 10.7. The fraction of sp³-hybridized carbons (Fsp3) is 0.154. The van der Waals surface area contributed by atoms with Crippen LogP contribution in [0, 0.1) is 6.92 Å². The molecule has 0 amide bonds. The number of ether oxygens (including phenoxy) is 1. The molecule has 0 aliphatic heterocycles. The maximum atomic E-state index is 13.2. The summed E-state index contributed by atoms with van der Waals surface area (Å²) in [5.74, 6) is 0.812. The highest BCUT2D eigenvalue weighted by Crippen LogP contribution is 2.22. The van der Waals surface area contributed by atoms with Crippen LogP contribution in [0.3, 0.4) is 0 Å². The van der Waals surface area contributed by atoms with Gasteiger partial charge < -0.3 is 4.74 Å². The number of hydrogen-bond acceptors (Lipinski definition) is 5. The summed E-state index contributed by atoms with van der Waals surface area (Å²) in [4.78, 5) is 17.7. The standard InChI is InChI=1S/C26H23N5O2/c1-18-3-7-20(8-4-18)21-9-12-25-24(13-21)26(32)30(17-27-25)15-22-16-31(29-28-22)14-19-5-10-23(33-2)11-6-19/h3-13,16-17H,14-15H2,1-2H3. The molecule has 7 heteroatoms. The molecular weight excluding hydrogens is 414 g/mol. The second kappa shape index (κ2) is 8.70. The van der Waals surface area contributed by atoms with Gasteiger partial charge in [-0.05, 0) is 47.9 Å². The molecule has 0 unspecified atom stereocenters. The van der Waals surface area contributed by atoms with Crippen LogP contribution in [0.2, 0.25) is 0 Å². The number of fused-ring (bicyclic) bond motifs is 1. The minimum atomic E-state index is -0.0985. The second-order valence-electron chi connectivity index (χ2n) is 8.03. The lowest BCUT2D eigenvalue weighted by atomic mass is 10.0. The zero-order valence-electron chi connectivity index (χ0n) is 18.5. The number of aromatic nitrogens is 5. The van der Waals surface area contributed by atoms with Crippen molar-refractivity contribution in [2.24, 2.45) is 0 Å². The zero-order valence-corrected chi connectivity index (χ0v) is 18.5. The van der Waals surface area contributed by atoms with Crippen LogP contribution in [0.25, 0.3) is 22.0 Å². The van der Waals surface area contributed by atoms with Crippen LogP contribution in [0.4, 0.5) is 0 Å². The monoisotopic (exact) mass is 437 g/mol. The highest BCUT2D eigenvalue weighted by Gasteiger charge is 2.09. The van der Waals surface area contributed by atoms with Gasteiger partial charge in [0.05, 0.1) is 43.6 Å². The molecule has 0 radical (unpaired) electrons. The van der Waals surface area contributed by atoms with Gasteiger partial charge in [-0.2, -0.15) is 0 Å². The molecule has 2 aromatic heterocycles. The lowest BCUT2D eigenvalue weighted by Crippen LogP contribution is -2.21. The zero-order chi connectivity index (χ0) is 22.8. The molecule has 3 aromatic carbocycles. The number of rotatable bonds is 6. The van der Waals surface area contributed by atoms with Crippen molar-refractivity contribution in [3.63, 3.8) is 0 Å². The van der Waals surface area contributed by atoms with Gasteiger partial charge in [0.25, 0.3) is 5.56 Å². The van der Waals surface area contributed by atoms with Gasteiger partial charge in [-0.3, -0.25) is 9.36 Å². The molecule has 0 spiro atoms. The smallest absolute Gasteiger partial charge is 0.261 e. The second-order valence-corrected chi connectivity index (χ2v) is 8.03. The van der Waals surface area contributed by atoms with Crippen molar-refractivity contribution >= 4 is 10.9 Å². The number of aryl methyl sites for hydroxylation is 1. The van der Waals surface area contributed by atoms with Crippen LogP contribution in [0.1, 0.15) is 16.8 Å². The van der Waals surface area contributed by atoms with E-state index in [-0.39, 0.29) is 5.56 Å². The third kappa shape index (κ3) is 4.39. The molecule has 0 aliphatic rings. The van der Waals surface area contributed by atoms with Crippen LogP contribution in [-0.2, 0) is 13.1 Å². The van der Waals surface area contributed by atoms with E-state index < -0.39 is 0 Å². The molecular formula is C26H23N5O2. The van der Waals surface area contributed by atoms with E-state index >= 15 is 0 Å².